The first kappa shape index (κ1) is 32.5. The monoisotopic (exact) mass is 621 g/mol. The molecule has 5 rings (SSSR count). The minimum absolute atomic E-state index is 0.218. The Morgan fingerprint density at radius 2 is 1.45 bits per heavy atom. The van der Waals surface area contributed by atoms with Gasteiger partial charge in [-0.2, -0.15) is 22.8 Å². The minimum Gasteiger partial charge on any atom is -0.439 e. The maximum absolute atomic E-state index is 13.5. The van der Waals surface area contributed by atoms with E-state index in [4.69, 9.17) is 25.9 Å². The summed E-state index contributed by atoms with van der Waals surface area (Å²) in [6.07, 6.45) is -5.64. The van der Waals surface area contributed by atoms with Crippen molar-refractivity contribution in [3.05, 3.63) is 117 Å². The molecule has 1 aliphatic heterocycles. The van der Waals surface area contributed by atoms with Crippen LogP contribution in [-0.4, -0.2) is 23.2 Å². The molecule has 1 aliphatic rings. The van der Waals surface area contributed by atoms with Crippen molar-refractivity contribution < 1.29 is 32.3 Å². The summed E-state index contributed by atoms with van der Waals surface area (Å²) in [5.41, 5.74) is 8.11. The van der Waals surface area contributed by atoms with Gasteiger partial charge in [0, 0.05) is 10.6 Å². The third-order valence-corrected chi connectivity index (χ3v) is 8.03. The number of nitrogens with zero attached hydrogens (tertiary/aromatic N) is 1. The lowest BCUT2D eigenvalue weighted by molar-refractivity contribution is -0.191. The number of hydrogen-bond donors (Lipinski definition) is 0. The van der Waals surface area contributed by atoms with Gasteiger partial charge < -0.3 is 4.74 Å². The van der Waals surface area contributed by atoms with Crippen molar-refractivity contribution in [2.75, 3.05) is 0 Å². The zero-order valence-electron chi connectivity index (χ0n) is 24.9. The van der Waals surface area contributed by atoms with E-state index in [1.807, 2.05) is 37.3 Å². The lowest BCUT2D eigenvalue weighted by atomic mass is 9.92. The molecule has 228 valence electrons. The molecule has 0 aliphatic carbocycles. The van der Waals surface area contributed by atoms with Gasteiger partial charge in [-0.25, -0.2) is 4.79 Å². The Balaban J connectivity index is 0.00000141. The molecule has 5 nitrogen and oxygen atoms in total. The summed E-state index contributed by atoms with van der Waals surface area (Å²) in [4.78, 5) is 30.9. The molecule has 4 aromatic rings. The fourth-order valence-corrected chi connectivity index (χ4v) is 5.86. The smallest absolute Gasteiger partial charge is 0.416 e. The summed E-state index contributed by atoms with van der Waals surface area (Å²) in [5, 5.41) is 0.581. The van der Waals surface area contributed by atoms with Gasteiger partial charge in [-0.1, -0.05) is 76.8 Å². The average Bonchev–Trinajstić information content (AvgIpc) is 3.22. The van der Waals surface area contributed by atoms with Crippen LogP contribution in [0.15, 0.2) is 72.8 Å². The largest absolute Gasteiger partial charge is 0.439 e. The van der Waals surface area contributed by atoms with Crippen LogP contribution in [0.1, 0.15) is 52.0 Å². The van der Waals surface area contributed by atoms with Crippen LogP contribution in [-0.2, 0) is 27.0 Å². The number of alkyl halides is 3. The van der Waals surface area contributed by atoms with E-state index in [-0.39, 0.29) is 12.7 Å². The van der Waals surface area contributed by atoms with Crippen LogP contribution in [0.25, 0.3) is 22.3 Å². The van der Waals surface area contributed by atoms with Crippen LogP contribution in [0.4, 0.5) is 18.0 Å². The summed E-state index contributed by atoms with van der Waals surface area (Å²) in [6.45, 7) is 9.74. The van der Waals surface area contributed by atoms with Gasteiger partial charge in [0.1, 0.15) is 6.10 Å². The van der Waals surface area contributed by atoms with Crippen molar-refractivity contribution >= 4 is 23.8 Å². The third-order valence-electron chi connectivity index (χ3n) is 7.70. The average molecular weight is 622 g/mol. The number of cyclic esters (lactones) is 1. The molecule has 0 spiro atoms. The second kappa shape index (κ2) is 13.1. The van der Waals surface area contributed by atoms with E-state index in [9.17, 15) is 18.0 Å². The molecule has 0 radical (unpaired) electrons. The SMILES string of the molecule is Cc1cc([C@H]2OC(=O)N(Cc3cc(C)ccc3-c3cc(-c4ccc(C)cc4C)ccc3Cl)[C@H]2C)cc(C(F)(F)F)c1.O=C=O. The van der Waals surface area contributed by atoms with Crippen molar-refractivity contribution in [3.63, 3.8) is 0 Å². The Labute approximate surface area is 259 Å². The quantitative estimate of drug-likeness (QED) is 0.223. The molecule has 1 saturated heterocycles. The molecule has 0 bridgehead atoms. The van der Waals surface area contributed by atoms with Crippen LogP contribution < -0.4 is 0 Å². The molecular formula is C35H31ClF3NO4. The number of rotatable bonds is 5. The van der Waals surface area contributed by atoms with Gasteiger partial charge in [0.2, 0.25) is 0 Å². The third kappa shape index (κ3) is 7.04. The molecule has 0 N–H and O–H groups in total. The normalized spacial score (nSPS) is 16.2. The molecular weight excluding hydrogens is 591 g/mol. The van der Waals surface area contributed by atoms with E-state index < -0.39 is 30.0 Å². The second-order valence-corrected chi connectivity index (χ2v) is 11.5. The van der Waals surface area contributed by atoms with Gasteiger partial charge in [-0.05, 0) is 92.3 Å². The summed E-state index contributed by atoms with van der Waals surface area (Å²) in [6, 6.07) is 21.6. The highest BCUT2D eigenvalue weighted by atomic mass is 35.5. The molecule has 1 heterocycles. The number of benzene rings is 4. The van der Waals surface area contributed by atoms with E-state index in [0.29, 0.717) is 16.1 Å². The molecule has 0 saturated carbocycles. The molecule has 4 aromatic carbocycles. The summed E-state index contributed by atoms with van der Waals surface area (Å²) < 4.78 is 46.1. The fraction of sp³-hybridized carbons (Fsp3) is 0.257. The van der Waals surface area contributed by atoms with Gasteiger partial charge >= 0.3 is 18.4 Å². The highest BCUT2D eigenvalue weighted by Crippen LogP contribution is 2.40. The zero-order valence-corrected chi connectivity index (χ0v) is 25.6. The van der Waals surface area contributed by atoms with Crippen molar-refractivity contribution in [1.29, 1.82) is 0 Å². The maximum Gasteiger partial charge on any atom is 0.416 e. The van der Waals surface area contributed by atoms with Crippen LogP contribution in [0, 0.1) is 27.7 Å². The number of ether oxygens (including phenoxy) is 1. The van der Waals surface area contributed by atoms with Gasteiger partial charge in [0.05, 0.1) is 18.2 Å². The predicted molar refractivity (Wildman–Crippen MR) is 162 cm³/mol. The minimum atomic E-state index is -4.49. The number of halogens is 4. The Bertz CT molecular complexity index is 1740. The predicted octanol–water partition coefficient (Wildman–Crippen LogP) is 9.42. The summed E-state index contributed by atoms with van der Waals surface area (Å²) >= 11 is 6.74. The summed E-state index contributed by atoms with van der Waals surface area (Å²) in [7, 11) is 0. The van der Waals surface area contributed by atoms with Gasteiger partial charge in [0.25, 0.3) is 0 Å². The Morgan fingerprint density at radius 1 is 0.818 bits per heavy atom. The van der Waals surface area contributed by atoms with Crippen molar-refractivity contribution in [2.45, 2.75) is 59.5 Å². The molecule has 1 fully saturated rings. The lowest BCUT2D eigenvalue weighted by Crippen LogP contribution is -2.31. The highest BCUT2D eigenvalue weighted by Gasteiger charge is 2.41. The number of carbonyl (C=O) groups excluding carboxylic acids is 3. The topological polar surface area (TPSA) is 63.7 Å². The van der Waals surface area contributed by atoms with Crippen LogP contribution >= 0.6 is 11.6 Å². The molecule has 2 atom stereocenters. The van der Waals surface area contributed by atoms with Gasteiger partial charge in [-0.3, -0.25) is 4.90 Å². The Hall–Kier alpha value is -4.39. The molecule has 9 heteroatoms. The first-order valence-electron chi connectivity index (χ1n) is 13.9. The first-order chi connectivity index (χ1) is 20.7. The van der Waals surface area contributed by atoms with Crippen molar-refractivity contribution in [2.24, 2.45) is 0 Å². The van der Waals surface area contributed by atoms with E-state index >= 15 is 0 Å². The number of hydrogen-bond acceptors (Lipinski definition) is 4. The second-order valence-electron chi connectivity index (χ2n) is 11.1. The molecule has 0 unspecified atom stereocenters. The van der Waals surface area contributed by atoms with Crippen LogP contribution in [0.5, 0.6) is 0 Å². The van der Waals surface area contributed by atoms with Crippen LogP contribution in [0.2, 0.25) is 5.02 Å². The highest BCUT2D eigenvalue weighted by molar-refractivity contribution is 6.33. The number of carbonyl (C=O) groups is 1. The first-order valence-corrected chi connectivity index (χ1v) is 14.2. The van der Waals surface area contributed by atoms with Crippen LogP contribution in [0.3, 0.4) is 0 Å². The zero-order chi connectivity index (χ0) is 32.3. The standard InChI is InChI=1S/C34H31ClF3NO2.CO2/c1-19-6-9-28(22(4)12-19)24-8-11-31(35)30(17-24)29-10-7-20(2)13-26(29)18-39-23(5)32(41-33(39)40)25-14-21(3)15-27(16-25)34(36,37)38;2-1-3/h6-17,23,32H,18H2,1-5H3;/t23-,32-;/m0./s1. The number of aryl methyl sites for hydroxylation is 4. The van der Waals surface area contributed by atoms with E-state index in [0.717, 1.165) is 51.1 Å². The van der Waals surface area contributed by atoms with E-state index in [1.54, 1.807) is 24.8 Å². The lowest BCUT2D eigenvalue weighted by Gasteiger charge is -2.23. The maximum atomic E-state index is 13.5. The Kier molecular flexibility index (Phi) is 9.67. The fourth-order valence-electron chi connectivity index (χ4n) is 5.64. The van der Waals surface area contributed by atoms with E-state index in [2.05, 4.69) is 38.1 Å². The molecule has 44 heavy (non-hydrogen) atoms. The Morgan fingerprint density at radius 3 is 2.09 bits per heavy atom. The number of amides is 1. The van der Waals surface area contributed by atoms with Crippen molar-refractivity contribution in [3.8, 4) is 22.3 Å². The van der Waals surface area contributed by atoms with Gasteiger partial charge in [0.15, 0.2) is 0 Å². The molecule has 1 amide bonds. The van der Waals surface area contributed by atoms with Crippen molar-refractivity contribution in [1.82, 2.24) is 4.90 Å². The molecule has 0 aromatic heterocycles. The van der Waals surface area contributed by atoms with E-state index in [1.165, 1.54) is 5.56 Å². The van der Waals surface area contributed by atoms with Gasteiger partial charge in [-0.15, -0.1) is 0 Å². The summed E-state index contributed by atoms with van der Waals surface area (Å²) in [5.74, 6) is 0.